The van der Waals surface area contributed by atoms with E-state index >= 15 is 0 Å². The first-order valence-corrected chi connectivity index (χ1v) is 8.73. The molecule has 140 valence electrons. The van der Waals surface area contributed by atoms with Gasteiger partial charge in [0.15, 0.2) is 6.61 Å². The van der Waals surface area contributed by atoms with Crippen LogP contribution < -0.4 is 10.1 Å². The van der Waals surface area contributed by atoms with Gasteiger partial charge in [0.2, 0.25) is 0 Å². The fourth-order valence-electron chi connectivity index (χ4n) is 2.69. The maximum atomic E-state index is 10.9. The molecule has 0 saturated heterocycles. The lowest BCUT2D eigenvalue weighted by molar-refractivity contribution is 0.261. The van der Waals surface area contributed by atoms with Crippen LogP contribution in [-0.4, -0.2) is 10.2 Å². The van der Waals surface area contributed by atoms with Crippen molar-refractivity contribution in [3.63, 3.8) is 0 Å². The average molecular weight is 366 g/mol. The highest BCUT2D eigenvalue weighted by Crippen LogP contribution is 2.34. The predicted octanol–water partition coefficient (Wildman–Crippen LogP) is 5.53. The Kier molecular flexibility index (Phi) is 5.49. The van der Waals surface area contributed by atoms with E-state index in [1.54, 1.807) is 6.07 Å². The van der Waals surface area contributed by atoms with Crippen molar-refractivity contribution in [3.05, 3.63) is 63.9 Å². The van der Waals surface area contributed by atoms with Gasteiger partial charge in [-0.3, -0.25) is 0 Å². The zero-order valence-corrected chi connectivity index (χ0v) is 15.8. The number of hydrogen-bond acceptors (Lipinski definition) is 7. The number of benzene rings is 2. The van der Waals surface area contributed by atoms with Gasteiger partial charge in [-0.05, 0) is 59.8 Å². The molecule has 1 N–H and O–H groups in total. The number of aryl methyl sites for hydroxylation is 2. The minimum absolute atomic E-state index is 0.134. The summed E-state index contributed by atoms with van der Waals surface area (Å²) in [7, 11) is 0. The molecule has 0 fully saturated rings. The number of nitrogens with zero attached hydrogens (tertiary/aromatic N) is 3. The van der Waals surface area contributed by atoms with E-state index < -0.39 is 0 Å². The first-order valence-electron chi connectivity index (χ1n) is 8.73. The lowest BCUT2D eigenvalue weighted by Crippen LogP contribution is -2.01. The molecular weight excluding hydrogens is 344 g/mol. The molecule has 0 aliphatic rings. The van der Waals surface area contributed by atoms with Crippen LogP contribution >= 0.6 is 0 Å². The van der Waals surface area contributed by atoms with Gasteiger partial charge in [0, 0.05) is 5.69 Å². The van der Waals surface area contributed by atoms with Gasteiger partial charge in [0.1, 0.15) is 11.4 Å². The van der Waals surface area contributed by atoms with Crippen molar-refractivity contribution >= 4 is 17.4 Å². The van der Waals surface area contributed by atoms with Gasteiger partial charge >= 0.3 is 6.01 Å². The van der Waals surface area contributed by atoms with E-state index in [1.807, 2.05) is 58.0 Å². The summed E-state index contributed by atoms with van der Waals surface area (Å²) in [6.07, 6.45) is 0. The molecule has 0 saturated carbocycles. The molecule has 0 unspecified atom stereocenters. The number of hydrogen-bond donors (Lipinski definition) is 1. The smallest absolute Gasteiger partial charge is 0.320 e. The second-order valence-electron chi connectivity index (χ2n) is 6.65. The Balaban J connectivity index is 1.73. The molecule has 0 aliphatic heterocycles. The Morgan fingerprint density at radius 2 is 1.93 bits per heavy atom. The van der Waals surface area contributed by atoms with Crippen LogP contribution in [0, 0.1) is 18.8 Å². The molecule has 0 aliphatic carbocycles. The summed E-state index contributed by atoms with van der Waals surface area (Å²) in [5.41, 5.74) is 4.08. The molecule has 7 heteroatoms. The molecule has 0 amide bonds. The summed E-state index contributed by atoms with van der Waals surface area (Å²) in [6.45, 7) is 8.02. The van der Waals surface area contributed by atoms with Gasteiger partial charge in [-0.25, -0.2) is 0 Å². The summed E-state index contributed by atoms with van der Waals surface area (Å²) in [4.78, 5) is 10.9. The molecule has 7 nitrogen and oxygen atoms in total. The van der Waals surface area contributed by atoms with E-state index in [4.69, 9.17) is 9.15 Å². The van der Waals surface area contributed by atoms with Crippen molar-refractivity contribution in [1.82, 2.24) is 10.2 Å². The van der Waals surface area contributed by atoms with Gasteiger partial charge in [0.25, 0.3) is 5.89 Å². The van der Waals surface area contributed by atoms with E-state index in [-0.39, 0.29) is 12.5 Å². The molecular formula is C20H22N4O3. The van der Waals surface area contributed by atoms with E-state index in [0.717, 1.165) is 22.4 Å². The van der Waals surface area contributed by atoms with Gasteiger partial charge in [-0.15, -0.1) is 10.0 Å². The summed E-state index contributed by atoms with van der Waals surface area (Å²) < 4.78 is 11.5. The lowest BCUT2D eigenvalue weighted by atomic mass is 9.99. The van der Waals surface area contributed by atoms with Crippen LogP contribution in [0.3, 0.4) is 0 Å². The van der Waals surface area contributed by atoms with Crippen molar-refractivity contribution in [2.24, 2.45) is 5.18 Å². The maximum Gasteiger partial charge on any atom is 0.320 e. The topological polar surface area (TPSA) is 89.6 Å². The highest BCUT2D eigenvalue weighted by molar-refractivity contribution is 5.57. The van der Waals surface area contributed by atoms with Gasteiger partial charge in [-0.1, -0.05) is 37.1 Å². The molecule has 1 aromatic heterocycles. The third kappa shape index (κ3) is 4.31. The Hall–Kier alpha value is -3.22. The second-order valence-corrected chi connectivity index (χ2v) is 6.65. The summed E-state index contributed by atoms with van der Waals surface area (Å²) in [6, 6.07) is 11.7. The molecule has 0 spiro atoms. The number of nitrogens with one attached hydrogen (secondary N) is 1. The second kappa shape index (κ2) is 7.99. The minimum Gasteiger partial charge on any atom is -0.483 e. The van der Waals surface area contributed by atoms with Crippen molar-refractivity contribution in [3.8, 4) is 5.75 Å². The third-order valence-electron chi connectivity index (χ3n) is 4.25. The Morgan fingerprint density at radius 3 is 2.63 bits per heavy atom. The summed E-state index contributed by atoms with van der Waals surface area (Å²) >= 11 is 0. The average Bonchev–Trinajstić information content (AvgIpc) is 3.09. The Labute approximate surface area is 157 Å². The highest BCUT2D eigenvalue weighted by atomic mass is 16.5. The van der Waals surface area contributed by atoms with Gasteiger partial charge in [-0.2, -0.15) is 0 Å². The van der Waals surface area contributed by atoms with Gasteiger partial charge in [0.05, 0.1) is 0 Å². The number of ether oxygens (including phenoxy) is 1. The van der Waals surface area contributed by atoms with Crippen molar-refractivity contribution in [2.45, 2.75) is 40.2 Å². The zero-order chi connectivity index (χ0) is 19.4. The molecule has 0 atom stereocenters. The van der Waals surface area contributed by atoms with Crippen molar-refractivity contribution in [1.29, 1.82) is 0 Å². The van der Waals surface area contributed by atoms with E-state index in [0.29, 0.717) is 23.3 Å². The molecule has 1 heterocycles. The molecule has 0 radical (unpaired) electrons. The van der Waals surface area contributed by atoms with Gasteiger partial charge < -0.3 is 14.5 Å². The van der Waals surface area contributed by atoms with Crippen molar-refractivity contribution in [2.75, 3.05) is 5.32 Å². The van der Waals surface area contributed by atoms with E-state index in [1.165, 1.54) is 0 Å². The number of nitroso groups, excluding NO2 is 1. The quantitative estimate of drug-likeness (QED) is 0.553. The van der Waals surface area contributed by atoms with E-state index in [9.17, 15) is 4.91 Å². The fraction of sp³-hybridized carbons (Fsp3) is 0.300. The fourth-order valence-corrected chi connectivity index (χ4v) is 2.69. The van der Waals surface area contributed by atoms with Crippen LogP contribution in [0.2, 0.25) is 0 Å². The monoisotopic (exact) mass is 366 g/mol. The predicted molar refractivity (Wildman–Crippen MR) is 104 cm³/mol. The SMILES string of the molecule is Cc1cc(OCc2nnc(Nc3ccccc3C)o2)c(C(C)C)cc1N=O. The molecule has 27 heavy (non-hydrogen) atoms. The van der Waals surface area contributed by atoms with Crippen LogP contribution in [-0.2, 0) is 6.61 Å². The Morgan fingerprint density at radius 1 is 1.15 bits per heavy atom. The van der Waals surface area contributed by atoms with Crippen LogP contribution in [0.4, 0.5) is 17.4 Å². The van der Waals surface area contributed by atoms with E-state index in [2.05, 4.69) is 20.7 Å². The first kappa shape index (κ1) is 18.6. The maximum absolute atomic E-state index is 10.9. The highest BCUT2D eigenvalue weighted by Gasteiger charge is 2.14. The number of rotatable bonds is 7. The van der Waals surface area contributed by atoms with Crippen molar-refractivity contribution < 1.29 is 9.15 Å². The lowest BCUT2D eigenvalue weighted by Gasteiger charge is -2.14. The first-order chi connectivity index (χ1) is 13.0. The standard InChI is InChI=1S/C20H22N4O3/c1-12(2)15-10-17(24-25)14(4)9-18(15)26-11-19-22-23-20(27-19)21-16-8-6-5-7-13(16)3/h5-10,12H,11H2,1-4H3,(H,21,23). The molecule has 2 aromatic carbocycles. The number of anilines is 2. The zero-order valence-electron chi connectivity index (χ0n) is 15.8. The third-order valence-corrected chi connectivity index (χ3v) is 4.25. The molecule has 3 aromatic rings. The summed E-state index contributed by atoms with van der Waals surface area (Å²) in [5, 5.41) is 14.2. The summed E-state index contributed by atoms with van der Waals surface area (Å²) in [5.74, 6) is 1.22. The van der Waals surface area contributed by atoms with Crippen LogP contribution in [0.5, 0.6) is 5.75 Å². The number of para-hydroxylation sites is 1. The van der Waals surface area contributed by atoms with Crippen LogP contribution in [0.25, 0.3) is 0 Å². The Bertz CT molecular complexity index is 950. The number of aromatic nitrogens is 2. The largest absolute Gasteiger partial charge is 0.483 e. The minimum atomic E-state index is 0.134. The normalized spacial score (nSPS) is 10.9. The molecule has 0 bridgehead atoms. The van der Waals surface area contributed by atoms with Crippen LogP contribution in [0.15, 0.2) is 46.0 Å². The van der Waals surface area contributed by atoms with Crippen LogP contribution in [0.1, 0.15) is 42.3 Å². The molecule has 3 rings (SSSR count).